The Labute approximate surface area is 104 Å². The Morgan fingerprint density at radius 3 is 2.25 bits per heavy atom. The maximum Gasteiger partial charge on any atom is 0.167 e. The van der Waals surface area contributed by atoms with E-state index in [9.17, 15) is 5.11 Å². The van der Waals surface area contributed by atoms with Gasteiger partial charge >= 0.3 is 0 Å². The van der Waals surface area contributed by atoms with Crippen LogP contribution >= 0.6 is 15.9 Å². The molecule has 1 N–H and O–H groups in total. The Balaban J connectivity index is 2.64. The average molecular weight is 287 g/mol. The maximum atomic E-state index is 10.2. The number of ether oxygens (including phenoxy) is 2. The monoisotopic (exact) mass is 286 g/mol. The lowest BCUT2D eigenvalue weighted by Gasteiger charge is -2.19. The zero-order valence-corrected chi connectivity index (χ0v) is 11.2. The molecular weight excluding hydrogens is 272 g/mol. The van der Waals surface area contributed by atoms with Crippen molar-refractivity contribution < 1.29 is 14.6 Å². The number of hydrogen-bond acceptors (Lipinski definition) is 3. The van der Waals surface area contributed by atoms with Gasteiger partial charge in [0.1, 0.15) is 0 Å². The highest BCUT2D eigenvalue weighted by molar-refractivity contribution is 9.10. The summed E-state index contributed by atoms with van der Waals surface area (Å²) in [5, 5.41) is 10.2. The maximum absolute atomic E-state index is 10.2. The van der Waals surface area contributed by atoms with Crippen LogP contribution in [0.2, 0.25) is 0 Å². The van der Waals surface area contributed by atoms with E-state index < -0.39 is 5.60 Å². The normalized spacial score (nSPS) is 17.1. The van der Waals surface area contributed by atoms with Gasteiger partial charge in [-0.1, -0.05) is 15.9 Å². The molecule has 0 aliphatic heterocycles. The van der Waals surface area contributed by atoms with Crippen molar-refractivity contribution in [1.29, 1.82) is 0 Å². The first-order valence-electron chi connectivity index (χ1n) is 5.17. The van der Waals surface area contributed by atoms with Crippen molar-refractivity contribution in [3.63, 3.8) is 0 Å². The van der Waals surface area contributed by atoms with Crippen LogP contribution in [0.15, 0.2) is 10.5 Å². The van der Waals surface area contributed by atoms with Crippen LogP contribution in [0, 0.1) is 6.92 Å². The molecular formula is C12H15BrO3. The second-order valence-corrected chi connectivity index (χ2v) is 4.98. The van der Waals surface area contributed by atoms with E-state index >= 15 is 0 Å². The van der Waals surface area contributed by atoms with Crippen LogP contribution < -0.4 is 9.47 Å². The summed E-state index contributed by atoms with van der Waals surface area (Å²) >= 11 is 3.47. The third-order valence-electron chi connectivity index (χ3n) is 3.05. The fourth-order valence-electron chi connectivity index (χ4n) is 1.88. The zero-order chi connectivity index (χ0) is 11.9. The summed E-state index contributed by atoms with van der Waals surface area (Å²) < 4.78 is 11.6. The van der Waals surface area contributed by atoms with E-state index in [1.807, 2.05) is 13.0 Å². The van der Waals surface area contributed by atoms with E-state index in [2.05, 4.69) is 15.9 Å². The summed E-state index contributed by atoms with van der Waals surface area (Å²) in [5.74, 6) is 1.33. The number of halogens is 1. The largest absolute Gasteiger partial charge is 0.493 e. The lowest BCUT2D eigenvalue weighted by atomic mass is 10.0. The van der Waals surface area contributed by atoms with Gasteiger partial charge in [-0.15, -0.1) is 0 Å². The molecule has 1 aliphatic rings. The Bertz CT molecular complexity index is 425. The van der Waals surface area contributed by atoms with E-state index in [0.29, 0.717) is 11.5 Å². The van der Waals surface area contributed by atoms with Crippen LogP contribution in [0.1, 0.15) is 24.0 Å². The molecule has 0 spiro atoms. The van der Waals surface area contributed by atoms with Crippen molar-refractivity contribution in [1.82, 2.24) is 0 Å². The standard InChI is InChI=1S/C12H15BrO3/c1-7-9(13)6-8(12(14)4-5-12)11(16-3)10(7)15-2/h6,14H,4-5H2,1-3H3. The van der Waals surface area contributed by atoms with Crippen molar-refractivity contribution in [2.45, 2.75) is 25.4 Å². The molecule has 1 aromatic rings. The molecule has 0 aromatic heterocycles. The van der Waals surface area contributed by atoms with Gasteiger partial charge in [0.25, 0.3) is 0 Å². The van der Waals surface area contributed by atoms with Gasteiger partial charge in [0.15, 0.2) is 11.5 Å². The quantitative estimate of drug-likeness (QED) is 0.929. The number of hydrogen-bond donors (Lipinski definition) is 1. The minimum atomic E-state index is -0.727. The van der Waals surface area contributed by atoms with Gasteiger partial charge in [0.05, 0.1) is 19.8 Å². The molecule has 4 heteroatoms. The fourth-order valence-corrected chi connectivity index (χ4v) is 2.29. The minimum absolute atomic E-state index is 0.642. The molecule has 0 bridgehead atoms. The van der Waals surface area contributed by atoms with Crippen LogP contribution in [0.25, 0.3) is 0 Å². The third kappa shape index (κ3) is 1.70. The predicted molar refractivity (Wildman–Crippen MR) is 65.1 cm³/mol. The summed E-state index contributed by atoms with van der Waals surface area (Å²) in [6, 6.07) is 1.92. The molecule has 1 aromatic carbocycles. The molecule has 1 aliphatic carbocycles. The third-order valence-corrected chi connectivity index (χ3v) is 3.88. The number of aliphatic hydroxyl groups is 1. The van der Waals surface area contributed by atoms with Crippen LogP contribution in [0.5, 0.6) is 11.5 Å². The average Bonchev–Trinajstić information content (AvgIpc) is 3.00. The van der Waals surface area contributed by atoms with Crippen LogP contribution in [0.3, 0.4) is 0 Å². The summed E-state index contributed by atoms with van der Waals surface area (Å²) in [4.78, 5) is 0. The lowest BCUT2D eigenvalue weighted by Crippen LogP contribution is -2.09. The molecule has 0 unspecified atom stereocenters. The predicted octanol–water partition coefficient (Wildman–Crippen LogP) is 2.76. The number of methoxy groups -OCH3 is 2. The highest BCUT2D eigenvalue weighted by Gasteiger charge is 2.45. The second kappa shape index (κ2) is 3.93. The summed E-state index contributed by atoms with van der Waals surface area (Å²) in [5.41, 5.74) is 1.06. The van der Waals surface area contributed by atoms with Crippen molar-refractivity contribution in [2.24, 2.45) is 0 Å². The van der Waals surface area contributed by atoms with E-state index in [0.717, 1.165) is 28.4 Å². The molecule has 3 nitrogen and oxygen atoms in total. The van der Waals surface area contributed by atoms with Gasteiger partial charge in [0, 0.05) is 15.6 Å². The molecule has 0 saturated heterocycles. The molecule has 1 saturated carbocycles. The molecule has 2 rings (SSSR count). The van der Waals surface area contributed by atoms with Crippen LogP contribution in [-0.2, 0) is 5.60 Å². The van der Waals surface area contributed by atoms with E-state index in [4.69, 9.17) is 9.47 Å². The fraction of sp³-hybridized carbons (Fsp3) is 0.500. The summed E-state index contributed by atoms with van der Waals surface area (Å²) in [6.07, 6.45) is 1.56. The molecule has 1 fully saturated rings. The Morgan fingerprint density at radius 1 is 1.25 bits per heavy atom. The Kier molecular flexibility index (Phi) is 2.88. The van der Waals surface area contributed by atoms with Gasteiger partial charge in [0.2, 0.25) is 0 Å². The van der Waals surface area contributed by atoms with E-state index in [1.165, 1.54) is 0 Å². The SMILES string of the molecule is COc1c(C2(O)CC2)cc(Br)c(C)c1OC. The van der Waals surface area contributed by atoms with Crippen LogP contribution in [-0.4, -0.2) is 19.3 Å². The summed E-state index contributed by atoms with van der Waals surface area (Å²) in [7, 11) is 3.21. The highest BCUT2D eigenvalue weighted by Crippen LogP contribution is 2.53. The van der Waals surface area contributed by atoms with Crippen molar-refractivity contribution in [3.05, 3.63) is 21.7 Å². The molecule has 0 amide bonds. The first-order chi connectivity index (χ1) is 7.53. The molecule has 0 heterocycles. The summed E-state index contributed by atoms with van der Waals surface area (Å²) in [6.45, 7) is 1.95. The topological polar surface area (TPSA) is 38.7 Å². The van der Waals surface area contributed by atoms with E-state index in [-0.39, 0.29) is 0 Å². The second-order valence-electron chi connectivity index (χ2n) is 4.13. The molecule has 16 heavy (non-hydrogen) atoms. The Morgan fingerprint density at radius 2 is 1.81 bits per heavy atom. The smallest absolute Gasteiger partial charge is 0.167 e. The Hall–Kier alpha value is -0.740. The molecule has 88 valence electrons. The number of benzene rings is 1. The van der Waals surface area contributed by atoms with Crippen molar-refractivity contribution in [3.8, 4) is 11.5 Å². The highest BCUT2D eigenvalue weighted by atomic mass is 79.9. The van der Waals surface area contributed by atoms with Gasteiger partial charge in [-0.3, -0.25) is 0 Å². The van der Waals surface area contributed by atoms with E-state index in [1.54, 1.807) is 14.2 Å². The van der Waals surface area contributed by atoms with Gasteiger partial charge in [-0.25, -0.2) is 0 Å². The van der Waals surface area contributed by atoms with Gasteiger partial charge < -0.3 is 14.6 Å². The van der Waals surface area contributed by atoms with Crippen molar-refractivity contribution in [2.75, 3.05) is 14.2 Å². The van der Waals surface area contributed by atoms with Gasteiger partial charge in [-0.05, 0) is 25.8 Å². The lowest BCUT2D eigenvalue weighted by molar-refractivity contribution is 0.146. The van der Waals surface area contributed by atoms with Crippen molar-refractivity contribution >= 4 is 15.9 Å². The first kappa shape index (κ1) is 11.7. The minimum Gasteiger partial charge on any atom is -0.493 e. The van der Waals surface area contributed by atoms with Crippen LogP contribution in [0.4, 0.5) is 0 Å². The number of rotatable bonds is 3. The first-order valence-corrected chi connectivity index (χ1v) is 5.96. The zero-order valence-electron chi connectivity index (χ0n) is 9.63. The van der Waals surface area contributed by atoms with Gasteiger partial charge in [-0.2, -0.15) is 0 Å². The molecule has 0 atom stereocenters. The molecule has 0 radical (unpaired) electrons.